The molecule has 0 saturated heterocycles. The molecular formula is C51H34N4. The third-order valence-electron chi connectivity index (χ3n) is 11.1. The van der Waals surface area contributed by atoms with Gasteiger partial charge in [-0.2, -0.15) is 0 Å². The number of allylic oxidation sites excluding steroid dienone is 1. The molecule has 4 heteroatoms. The molecule has 0 N–H and O–H groups in total. The molecule has 1 aliphatic carbocycles. The number of aromatic nitrogens is 4. The average molecular weight is 703 g/mol. The number of nitrogens with zero attached hydrogens (tertiary/aromatic N) is 4. The van der Waals surface area contributed by atoms with E-state index in [1.807, 2.05) is 36.4 Å². The zero-order valence-electron chi connectivity index (χ0n) is 30.0. The van der Waals surface area contributed by atoms with Gasteiger partial charge in [-0.3, -0.25) is 0 Å². The summed E-state index contributed by atoms with van der Waals surface area (Å²) in [5.41, 5.74) is 10.6. The van der Waals surface area contributed by atoms with Crippen LogP contribution in [0.4, 0.5) is 0 Å². The van der Waals surface area contributed by atoms with Crippen molar-refractivity contribution in [3.8, 4) is 39.9 Å². The van der Waals surface area contributed by atoms with Crippen LogP contribution in [-0.2, 0) is 6.42 Å². The van der Waals surface area contributed by atoms with Crippen molar-refractivity contribution in [3.05, 3.63) is 193 Å². The van der Waals surface area contributed by atoms with Gasteiger partial charge in [0.2, 0.25) is 0 Å². The summed E-state index contributed by atoms with van der Waals surface area (Å²) >= 11 is 0. The number of benzene rings is 8. The third-order valence-corrected chi connectivity index (χ3v) is 11.1. The molecule has 0 atom stereocenters. The highest BCUT2D eigenvalue weighted by atomic mass is 15.0. The number of hydrogen-bond donors (Lipinski definition) is 0. The summed E-state index contributed by atoms with van der Waals surface area (Å²) in [6, 6.07) is 62.4. The van der Waals surface area contributed by atoms with Crippen LogP contribution in [0.2, 0.25) is 0 Å². The van der Waals surface area contributed by atoms with E-state index < -0.39 is 0 Å². The molecule has 2 aromatic heterocycles. The SMILES string of the molecule is C1=C(c2ccccc2)CCc2c1c1ccccc1n2-c1cccc2c3ccccc3c3ccc(-c4nc(-c5ccccc5)nc(-c5ccccc5)n4)cc3c12. The summed E-state index contributed by atoms with van der Waals surface area (Å²) in [6.45, 7) is 0. The molecule has 0 unspecified atom stereocenters. The van der Waals surface area contributed by atoms with Crippen molar-refractivity contribution in [2.24, 2.45) is 0 Å². The van der Waals surface area contributed by atoms with E-state index >= 15 is 0 Å². The lowest BCUT2D eigenvalue weighted by molar-refractivity contribution is 0.901. The van der Waals surface area contributed by atoms with Gasteiger partial charge < -0.3 is 4.57 Å². The molecule has 1 aliphatic rings. The molecule has 10 aromatic rings. The van der Waals surface area contributed by atoms with Crippen molar-refractivity contribution in [2.75, 3.05) is 0 Å². The van der Waals surface area contributed by atoms with Gasteiger partial charge in [0.05, 0.1) is 11.2 Å². The third kappa shape index (κ3) is 5.18. The highest BCUT2D eigenvalue weighted by Gasteiger charge is 2.24. The van der Waals surface area contributed by atoms with Gasteiger partial charge in [-0.1, -0.05) is 158 Å². The number of rotatable bonds is 5. The summed E-state index contributed by atoms with van der Waals surface area (Å²) < 4.78 is 2.54. The van der Waals surface area contributed by atoms with Crippen LogP contribution in [0.15, 0.2) is 176 Å². The van der Waals surface area contributed by atoms with E-state index in [1.54, 1.807) is 0 Å². The van der Waals surface area contributed by atoms with Crippen molar-refractivity contribution in [1.29, 1.82) is 0 Å². The molecule has 11 rings (SSSR count). The second-order valence-electron chi connectivity index (χ2n) is 14.3. The average Bonchev–Trinajstić information content (AvgIpc) is 3.60. The lowest BCUT2D eigenvalue weighted by atomic mass is 9.90. The fraction of sp³-hybridized carbons (Fsp3) is 0.0392. The molecule has 0 amide bonds. The van der Waals surface area contributed by atoms with Crippen LogP contribution < -0.4 is 0 Å². The van der Waals surface area contributed by atoms with Gasteiger partial charge in [-0.15, -0.1) is 0 Å². The zero-order chi connectivity index (χ0) is 36.3. The van der Waals surface area contributed by atoms with Gasteiger partial charge in [-0.25, -0.2) is 15.0 Å². The number of fused-ring (bicyclic) bond motifs is 9. The molecule has 258 valence electrons. The van der Waals surface area contributed by atoms with Gasteiger partial charge in [0.15, 0.2) is 17.5 Å². The first-order chi connectivity index (χ1) is 27.3. The first-order valence-electron chi connectivity index (χ1n) is 18.9. The summed E-state index contributed by atoms with van der Waals surface area (Å²) in [6.07, 6.45) is 4.37. The molecule has 0 bridgehead atoms. The second-order valence-corrected chi connectivity index (χ2v) is 14.3. The molecule has 0 spiro atoms. The molecule has 8 aromatic carbocycles. The number of para-hydroxylation sites is 1. The van der Waals surface area contributed by atoms with Crippen molar-refractivity contribution >= 4 is 54.9 Å². The van der Waals surface area contributed by atoms with Crippen LogP contribution in [0.5, 0.6) is 0 Å². The Bertz CT molecular complexity index is 3070. The van der Waals surface area contributed by atoms with Gasteiger partial charge in [0.25, 0.3) is 0 Å². The van der Waals surface area contributed by atoms with Crippen LogP contribution in [0.3, 0.4) is 0 Å². The minimum atomic E-state index is 0.649. The standard InChI is InChI=1S/C51H34N4/c1-4-15-33(16-5-1)36-28-30-46-43(31-36)41-23-12-13-25-45(41)55(46)47-26-14-24-42-39-22-11-10-21-38(39)40-29-27-37(32-44(40)48(42)47)51-53-49(34-17-6-2-7-18-34)52-50(54-51)35-19-8-3-9-20-35/h1-27,29,31-32H,28,30H2. The summed E-state index contributed by atoms with van der Waals surface area (Å²) in [4.78, 5) is 15.2. The fourth-order valence-electron chi connectivity index (χ4n) is 8.63. The predicted octanol–water partition coefficient (Wildman–Crippen LogP) is 12.8. The van der Waals surface area contributed by atoms with Gasteiger partial charge in [0.1, 0.15) is 0 Å². The zero-order valence-corrected chi connectivity index (χ0v) is 30.0. The van der Waals surface area contributed by atoms with Crippen molar-refractivity contribution in [1.82, 2.24) is 19.5 Å². The second kappa shape index (κ2) is 12.8. The smallest absolute Gasteiger partial charge is 0.164 e. The molecule has 0 saturated carbocycles. The Balaban J connectivity index is 1.20. The molecule has 0 radical (unpaired) electrons. The van der Waals surface area contributed by atoms with Crippen molar-refractivity contribution < 1.29 is 0 Å². The van der Waals surface area contributed by atoms with Crippen LogP contribution in [0.25, 0.3) is 94.7 Å². The topological polar surface area (TPSA) is 43.6 Å². The molecule has 55 heavy (non-hydrogen) atoms. The Morgan fingerprint density at radius 1 is 0.382 bits per heavy atom. The van der Waals surface area contributed by atoms with Crippen LogP contribution >= 0.6 is 0 Å². The first-order valence-corrected chi connectivity index (χ1v) is 18.9. The quantitative estimate of drug-likeness (QED) is 0.168. The van der Waals surface area contributed by atoms with E-state index in [9.17, 15) is 0 Å². The molecular weight excluding hydrogens is 669 g/mol. The fourth-order valence-corrected chi connectivity index (χ4v) is 8.63. The van der Waals surface area contributed by atoms with Crippen LogP contribution in [-0.4, -0.2) is 19.5 Å². The monoisotopic (exact) mass is 702 g/mol. The number of hydrogen-bond acceptors (Lipinski definition) is 3. The Kier molecular flexibility index (Phi) is 7.27. The van der Waals surface area contributed by atoms with E-state index in [1.165, 1.54) is 71.3 Å². The van der Waals surface area contributed by atoms with Gasteiger partial charge in [-0.05, 0) is 75.2 Å². The normalized spacial score (nSPS) is 12.7. The summed E-state index contributed by atoms with van der Waals surface area (Å²) in [5, 5.41) is 8.58. The maximum absolute atomic E-state index is 5.12. The summed E-state index contributed by atoms with van der Waals surface area (Å²) in [7, 11) is 0. The highest BCUT2D eigenvalue weighted by molar-refractivity contribution is 6.28. The maximum Gasteiger partial charge on any atom is 0.164 e. The van der Waals surface area contributed by atoms with Crippen molar-refractivity contribution in [2.45, 2.75) is 12.8 Å². The summed E-state index contributed by atoms with van der Waals surface area (Å²) in [5.74, 6) is 1.96. The Hall–Kier alpha value is -7.17. The lowest BCUT2D eigenvalue weighted by Crippen LogP contribution is -2.06. The minimum Gasteiger partial charge on any atom is -0.312 e. The minimum absolute atomic E-state index is 0.649. The van der Waals surface area contributed by atoms with Gasteiger partial charge >= 0.3 is 0 Å². The first kappa shape index (κ1) is 31.4. The highest BCUT2D eigenvalue weighted by Crippen LogP contribution is 2.44. The Morgan fingerprint density at radius 2 is 0.909 bits per heavy atom. The molecule has 0 aliphatic heterocycles. The van der Waals surface area contributed by atoms with E-state index in [-0.39, 0.29) is 0 Å². The largest absolute Gasteiger partial charge is 0.312 e. The van der Waals surface area contributed by atoms with Gasteiger partial charge in [0, 0.05) is 38.7 Å². The van der Waals surface area contributed by atoms with E-state index in [2.05, 4.69) is 150 Å². The van der Waals surface area contributed by atoms with E-state index in [4.69, 9.17) is 15.0 Å². The van der Waals surface area contributed by atoms with Crippen LogP contribution in [0.1, 0.15) is 23.2 Å². The lowest BCUT2D eigenvalue weighted by Gasteiger charge is -2.20. The predicted molar refractivity (Wildman–Crippen MR) is 228 cm³/mol. The Morgan fingerprint density at radius 3 is 1.58 bits per heavy atom. The van der Waals surface area contributed by atoms with E-state index in [0.717, 1.165) is 29.5 Å². The molecule has 4 nitrogen and oxygen atoms in total. The molecule has 2 heterocycles. The van der Waals surface area contributed by atoms with Crippen LogP contribution in [0, 0.1) is 0 Å². The van der Waals surface area contributed by atoms with E-state index in [0.29, 0.717) is 17.5 Å². The Labute approximate surface area is 318 Å². The van der Waals surface area contributed by atoms with Crippen molar-refractivity contribution in [3.63, 3.8) is 0 Å². The maximum atomic E-state index is 5.12. The molecule has 0 fully saturated rings.